The van der Waals surface area contributed by atoms with Gasteiger partial charge in [-0.05, 0) is 18.8 Å². The summed E-state index contributed by atoms with van der Waals surface area (Å²) in [5, 5.41) is 0. The lowest BCUT2D eigenvalue weighted by atomic mass is 10.2. The molecule has 2 N–H and O–H groups in total. The van der Waals surface area contributed by atoms with Crippen LogP contribution in [0.5, 0.6) is 0 Å². The molecule has 0 radical (unpaired) electrons. The predicted octanol–water partition coefficient (Wildman–Crippen LogP) is 1.68. The van der Waals surface area contributed by atoms with Crippen LogP contribution in [0.4, 0.5) is 11.6 Å². The van der Waals surface area contributed by atoms with Crippen molar-refractivity contribution in [1.82, 2.24) is 9.97 Å². The summed E-state index contributed by atoms with van der Waals surface area (Å²) in [6, 6.07) is 0.656. The van der Waals surface area contributed by atoms with E-state index >= 15 is 0 Å². The van der Waals surface area contributed by atoms with Crippen LogP contribution in [0.15, 0.2) is 12.4 Å². The monoisotopic (exact) mass is 206 g/mol. The summed E-state index contributed by atoms with van der Waals surface area (Å²) in [7, 11) is 0. The van der Waals surface area contributed by atoms with Gasteiger partial charge in [-0.2, -0.15) is 0 Å². The molecule has 0 aromatic carbocycles. The van der Waals surface area contributed by atoms with Crippen LogP contribution in [0.3, 0.4) is 0 Å². The Morgan fingerprint density at radius 3 is 2.73 bits per heavy atom. The minimum absolute atomic E-state index is 0.502. The van der Waals surface area contributed by atoms with Gasteiger partial charge in [0.15, 0.2) is 0 Å². The van der Waals surface area contributed by atoms with Gasteiger partial charge in [-0.3, -0.25) is 4.98 Å². The number of hydrogen-bond donors (Lipinski definition) is 1. The molecule has 0 amide bonds. The highest BCUT2D eigenvalue weighted by atomic mass is 15.2. The smallest absolute Gasteiger partial charge is 0.149 e. The Labute approximate surface area is 90.5 Å². The molecule has 1 aromatic heterocycles. The second kappa shape index (κ2) is 4.04. The second-order valence-corrected chi connectivity index (χ2v) is 4.58. The Balaban J connectivity index is 2.16. The highest BCUT2D eigenvalue weighted by Gasteiger charge is 2.30. The van der Waals surface area contributed by atoms with E-state index < -0.39 is 0 Å². The maximum absolute atomic E-state index is 5.65. The van der Waals surface area contributed by atoms with E-state index in [2.05, 4.69) is 28.7 Å². The van der Waals surface area contributed by atoms with Crippen LogP contribution >= 0.6 is 0 Å². The lowest BCUT2D eigenvalue weighted by Gasteiger charge is -2.25. The van der Waals surface area contributed by atoms with E-state index in [1.807, 2.05) is 0 Å². The first-order valence-corrected chi connectivity index (χ1v) is 5.51. The zero-order chi connectivity index (χ0) is 10.8. The average molecular weight is 206 g/mol. The lowest BCUT2D eigenvalue weighted by Crippen LogP contribution is -2.30. The molecule has 0 aliphatic heterocycles. The molecule has 4 nitrogen and oxygen atoms in total. The van der Waals surface area contributed by atoms with Crippen molar-refractivity contribution < 1.29 is 0 Å². The quantitative estimate of drug-likeness (QED) is 0.814. The van der Waals surface area contributed by atoms with Crippen LogP contribution < -0.4 is 10.6 Å². The Kier molecular flexibility index (Phi) is 2.75. The first kappa shape index (κ1) is 10.2. The Morgan fingerprint density at radius 2 is 2.20 bits per heavy atom. The van der Waals surface area contributed by atoms with Crippen molar-refractivity contribution in [3.63, 3.8) is 0 Å². The van der Waals surface area contributed by atoms with E-state index in [4.69, 9.17) is 5.73 Å². The fourth-order valence-electron chi connectivity index (χ4n) is 1.72. The molecule has 1 fully saturated rings. The first-order valence-electron chi connectivity index (χ1n) is 5.51. The van der Waals surface area contributed by atoms with E-state index in [1.165, 1.54) is 12.8 Å². The fourth-order valence-corrected chi connectivity index (χ4v) is 1.72. The van der Waals surface area contributed by atoms with Crippen LogP contribution in [-0.4, -0.2) is 22.6 Å². The number of nitrogen functional groups attached to an aromatic ring is 1. The van der Waals surface area contributed by atoms with Gasteiger partial charge < -0.3 is 10.6 Å². The fraction of sp³-hybridized carbons (Fsp3) is 0.636. The third-order valence-corrected chi connectivity index (χ3v) is 2.48. The summed E-state index contributed by atoms with van der Waals surface area (Å²) < 4.78 is 0. The van der Waals surface area contributed by atoms with E-state index in [9.17, 15) is 0 Å². The Bertz CT molecular complexity index is 333. The van der Waals surface area contributed by atoms with Crippen LogP contribution in [0, 0.1) is 5.92 Å². The SMILES string of the molecule is CC(C)CN(c1cncc(N)n1)C1CC1. The van der Waals surface area contributed by atoms with E-state index in [1.54, 1.807) is 12.4 Å². The minimum Gasteiger partial charge on any atom is -0.382 e. The van der Waals surface area contributed by atoms with Crippen molar-refractivity contribution in [3.8, 4) is 0 Å². The molecule has 0 spiro atoms. The van der Waals surface area contributed by atoms with Crippen molar-refractivity contribution in [2.24, 2.45) is 5.92 Å². The number of nitrogens with zero attached hydrogens (tertiary/aromatic N) is 3. The van der Waals surface area contributed by atoms with Gasteiger partial charge in [0.05, 0.1) is 12.4 Å². The van der Waals surface area contributed by atoms with Gasteiger partial charge in [0.25, 0.3) is 0 Å². The molecule has 1 saturated carbocycles. The van der Waals surface area contributed by atoms with Gasteiger partial charge in [0.1, 0.15) is 11.6 Å². The topological polar surface area (TPSA) is 55.0 Å². The normalized spacial score (nSPS) is 15.7. The van der Waals surface area contributed by atoms with Crippen LogP contribution in [0.25, 0.3) is 0 Å². The molecule has 1 heterocycles. The molecule has 4 heteroatoms. The summed E-state index contributed by atoms with van der Waals surface area (Å²) in [5.41, 5.74) is 5.65. The van der Waals surface area contributed by atoms with Crippen molar-refractivity contribution >= 4 is 11.6 Å². The van der Waals surface area contributed by atoms with Crippen molar-refractivity contribution in [3.05, 3.63) is 12.4 Å². The predicted molar refractivity (Wildman–Crippen MR) is 61.7 cm³/mol. The van der Waals surface area contributed by atoms with Gasteiger partial charge in [-0.1, -0.05) is 13.8 Å². The van der Waals surface area contributed by atoms with Gasteiger partial charge in [-0.15, -0.1) is 0 Å². The van der Waals surface area contributed by atoms with Crippen molar-refractivity contribution in [2.75, 3.05) is 17.2 Å². The first-order chi connectivity index (χ1) is 7.16. The van der Waals surface area contributed by atoms with E-state index in [0.717, 1.165) is 12.4 Å². The van der Waals surface area contributed by atoms with Crippen LogP contribution in [0.1, 0.15) is 26.7 Å². The third-order valence-electron chi connectivity index (χ3n) is 2.48. The average Bonchev–Trinajstić information content (AvgIpc) is 2.97. The third kappa shape index (κ3) is 2.58. The van der Waals surface area contributed by atoms with Crippen molar-refractivity contribution in [1.29, 1.82) is 0 Å². The minimum atomic E-state index is 0.502. The molecule has 1 aromatic rings. The van der Waals surface area contributed by atoms with Gasteiger partial charge >= 0.3 is 0 Å². The van der Waals surface area contributed by atoms with Crippen LogP contribution in [0.2, 0.25) is 0 Å². The molecule has 0 bridgehead atoms. The Hall–Kier alpha value is -1.32. The zero-order valence-electron chi connectivity index (χ0n) is 9.35. The standard InChI is InChI=1S/C11H18N4/c1-8(2)7-15(9-3-4-9)11-6-13-5-10(12)14-11/h5-6,8-9H,3-4,7H2,1-2H3,(H2,12,14). The number of hydrogen-bond acceptors (Lipinski definition) is 4. The second-order valence-electron chi connectivity index (χ2n) is 4.58. The number of anilines is 2. The summed E-state index contributed by atoms with van der Waals surface area (Å²) in [4.78, 5) is 10.7. The van der Waals surface area contributed by atoms with Crippen molar-refractivity contribution in [2.45, 2.75) is 32.7 Å². The molecular weight excluding hydrogens is 188 g/mol. The maximum atomic E-state index is 5.65. The summed E-state index contributed by atoms with van der Waals surface area (Å²) in [6.45, 7) is 5.47. The maximum Gasteiger partial charge on any atom is 0.149 e. The molecule has 0 unspecified atom stereocenters. The molecule has 2 rings (SSSR count). The Morgan fingerprint density at radius 1 is 1.47 bits per heavy atom. The lowest BCUT2D eigenvalue weighted by molar-refractivity contribution is 0.602. The molecule has 1 aliphatic carbocycles. The highest BCUT2D eigenvalue weighted by Crippen LogP contribution is 2.31. The molecule has 0 saturated heterocycles. The molecule has 82 valence electrons. The number of nitrogens with two attached hydrogens (primary N) is 1. The molecule has 15 heavy (non-hydrogen) atoms. The van der Waals surface area contributed by atoms with Gasteiger partial charge in [-0.25, -0.2) is 4.98 Å². The van der Waals surface area contributed by atoms with E-state index in [-0.39, 0.29) is 0 Å². The zero-order valence-corrected chi connectivity index (χ0v) is 9.35. The summed E-state index contributed by atoms with van der Waals surface area (Å²) in [5.74, 6) is 2.06. The van der Waals surface area contributed by atoms with E-state index in [0.29, 0.717) is 17.8 Å². The molecular formula is C11H18N4. The van der Waals surface area contributed by atoms with Gasteiger partial charge in [0.2, 0.25) is 0 Å². The molecule has 1 aliphatic rings. The largest absolute Gasteiger partial charge is 0.382 e. The molecule has 0 atom stereocenters. The van der Waals surface area contributed by atoms with Gasteiger partial charge in [0, 0.05) is 12.6 Å². The number of rotatable bonds is 4. The highest BCUT2D eigenvalue weighted by molar-refractivity contribution is 5.43. The summed E-state index contributed by atoms with van der Waals surface area (Å²) in [6.07, 6.45) is 5.92. The summed E-state index contributed by atoms with van der Waals surface area (Å²) >= 11 is 0. The number of aromatic nitrogens is 2. The van der Waals surface area contributed by atoms with Crippen LogP contribution in [-0.2, 0) is 0 Å².